The van der Waals surface area contributed by atoms with Crippen molar-refractivity contribution >= 4 is 11.4 Å². The highest BCUT2D eigenvalue weighted by Gasteiger charge is 2.28. The molecule has 4 aromatic rings. The van der Waals surface area contributed by atoms with Crippen LogP contribution in [-0.4, -0.2) is 21.9 Å². The number of carbonyl (C=O) groups excluding carboxylic acids is 1. The Labute approximate surface area is 176 Å². The van der Waals surface area contributed by atoms with Gasteiger partial charge < -0.3 is 9.30 Å². The van der Waals surface area contributed by atoms with Crippen molar-refractivity contribution in [1.29, 1.82) is 0 Å². The average Bonchev–Trinajstić information content (AvgIpc) is 3.22. The van der Waals surface area contributed by atoms with Crippen LogP contribution in [0.5, 0.6) is 5.75 Å². The van der Waals surface area contributed by atoms with Gasteiger partial charge in [0.05, 0.1) is 18.5 Å². The highest BCUT2D eigenvalue weighted by Crippen LogP contribution is 2.39. The number of rotatable bonds is 5. The third kappa shape index (κ3) is 2.86. The van der Waals surface area contributed by atoms with Gasteiger partial charge in [0.15, 0.2) is 5.78 Å². The molecule has 2 aromatic heterocycles. The van der Waals surface area contributed by atoms with Crippen LogP contribution in [0.3, 0.4) is 0 Å². The third-order valence-corrected chi connectivity index (χ3v) is 6.17. The van der Waals surface area contributed by atoms with E-state index in [9.17, 15) is 4.79 Å². The SMILES string of the molecule is CCC(=O)c1c(-c2ccccc2)c2c3n(c(-c4ccc(OC)cc4)cn13)CCCC2. The molecule has 5 rings (SSSR count). The van der Waals surface area contributed by atoms with Crippen LogP contribution in [0, 0.1) is 0 Å². The second-order valence-electron chi connectivity index (χ2n) is 7.89. The molecule has 0 unspecified atom stereocenters. The van der Waals surface area contributed by atoms with Crippen molar-refractivity contribution < 1.29 is 9.53 Å². The molecule has 30 heavy (non-hydrogen) atoms. The number of ether oxygens (including phenoxy) is 1. The smallest absolute Gasteiger partial charge is 0.179 e. The number of aromatic nitrogens is 2. The Morgan fingerprint density at radius 1 is 1.00 bits per heavy atom. The van der Waals surface area contributed by atoms with Crippen LogP contribution < -0.4 is 4.74 Å². The minimum absolute atomic E-state index is 0.189. The molecule has 1 aliphatic heterocycles. The van der Waals surface area contributed by atoms with Crippen LogP contribution in [0.4, 0.5) is 0 Å². The molecule has 0 spiro atoms. The molecule has 0 bridgehead atoms. The van der Waals surface area contributed by atoms with Gasteiger partial charge in [0, 0.05) is 30.3 Å². The van der Waals surface area contributed by atoms with E-state index in [-0.39, 0.29) is 5.78 Å². The maximum atomic E-state index is 13.2. The molecule has 4 nitrogen and oxygen atoms in total. The summed E-state index contributed by atoms with van der Waals surface area (Å²) in [7, 11) is 1.68. The minimum Gasteiger partial charge on any atom is -0.497 e. The van der Waals surface area contributed by atoms with Crippen LogP contribution >= 0.6 is 0 Å². The van der Waals surface area contributed by atoms with Gasteiger partial charge in [0.25, 0.3) is 0 Å². The van der Waals surface area contributed by atoms with E-state index >= 15 is 0 Å². The van der Waals surface area contributed by atoms with Crippen molar-refractivity contribution in [1.82, 2.24) is 8.97 Å². The summed E-state index contributed by atoms with van der Waals surface area (Å²) in [5.74, 6) is 1.04. The Bertz CT molecular complexity index is 1210. The molecule has 4 heteroatoms. The summed E-state index contributed by atoms with van der Waals surface area (Å²) in [5.41, 5.74) is 7.85. The highest BCUT2D eigenvalue weighted by atomic mass is 16.5. The predicted molar refractivity (Wildman–Crippen MR) is 120 cm³/mol. The van der Waals surface area contributed by atoms with E-state index < -0.39 is 0 Å². The lowest BCUT2D eigenvalue weighted by Crippen LogP contribution is -2.03. The molecule has 0 atom stereocenters. The first-order chi connectivity index (χ1) is 14.7. The summed E-state index contributed by atoms with van der Waals surface area (Å²) in [6, 6.07) is 18.6. The van der Waals surface area contributed by atoms with Gasteiger partial charge in [0.2, 0.25) is 0 Å². The van der Waals surface area contributed by atoms with Gasteiger partial charge in [-0.3, -0.25) is 9.20 Å². The Kier molecular flexibility index (Phi) is 4.70. The van der Waals surface area contributed by atoms with Gasteiger partial charge in [-0.05, 0) is 54.7 Å². The van der Waals surface area contributed by atoms with Gasteiger partial charge in [-0.1, -0.05) is 37.3 Å². The van der Waals surface area contributed by atoms with Crippen LogP contribution in [0.2, 0.25) is 0 Å². The van der Waals surface area contributed by atoms with Crippen LogP contribution in [0.1, 0.15) is 42.2 Å². The molecule has 0 saturated carbocycles. The summed E-state index contributed by atoms with van der Waals surface area (Å²) in [4.78, 5) is 13.2. The van der Waals surface area contributed by atoms with Gasteiger partial charge in [0.1, 0.15) is 11.4 Å². The standard InChI is InChI=1S/C26H26N2O2/c1-3-23(29)25-24(19-9-5-4-6-10-19)21-11-7-8-16-27-22(17-28(25)26(21)27)18-12-14-20(30-2)15-13-18/h4-6,9-10,12-15,17H,3,7-8,11,16H2,1-2H3. The predicted octanol–water partition coefficient (Wildman–Crippen LogP) is 6.01. The Hall–Kier alpha value is -3.27. The Morgan fingerprint density at radius 2 is 1.77 bits per heavy atom. The lowest BCUT2D eigenvalue weighted by molar-refractivity contribution is 0.0983. The van der Waals surface area contributed by atoms with E-state index in [4.69, 9.17) is 4.74 Å². The summed E-state index contributed by atoms with van der Waals surface area (Å²) >= 11 is 0. The first-order valence-electron chi connectivity index (χ1n) is 10.7. The molecule has 1 aliphatic rings. The van der Waals surface area contributed by atoms with Crippen LogP contribution in [0.15, 0.2) is 60.8 Å². The lowest BCUT2D eigenvalue weighted by Gasteiger charge is -2.09. The van der Waals surface area contributed by atoms with Crippen molar-refractivity contribution in [2.45, 2.75) is 39.2 Å². The molecule has 152 valence electrons. The maximum Gasteiger partial charge on any atom is 0.179 e. The molecule has 0 aliphatic carbocycles. The minimum atomic E-state index is 0.189. The van der Waals surface area contributed by atoms with Crippen molar-refractivity contribution in [3.8, 4) is 28.1 Å². The van der Waals surface area contributed by atoms with Crippen molar-refractivity contribution in [2.24, 2.45) is 0 Å². The summed E-state index contributed by atoms with van der Waals surface area (Å²) < 4.78 is 9.90. The zero-order valence-corrected chi connectivity index (χ0v) is 17.5. The Balaban J connectivity index is 1.82. The zero-order chi connectivity index (χ0) is 20.7. The molecule has 3 heterocycles. The average molecular weight is 399 g/mol. The van der Waals surface area contributed by atoms with E-state index in [1.165, 1.54) is 11.2 Å². The van der Waals surface area contributed by atoms with Crippen LogP contribution in [0.25, 0.3) is 28.0 Å². The second-order valence-corrected chi connectivity index (χ2v) is 7.89. The maximum absolute atomic E-state index is 13.2. The fourth-order valence-electron chi connectivity index (χ4n) is 4.74. The van der Waals surface area contributed by atoms with E-state index in [1.807, 2.05) is 25.1 Å². The van der Waals surface area contributed by atoms with E-state index in [1.54, 1.807) is 7.11 Å². The number of ketones is 1. The molecule has 2 aromatic carbocycles. The number of carbonyl (C=O) groups is 1. The second kappa shape index (κ2) is 7.52. The third-order valence-electron chi connectivity index (χ3n) is 6.17. The number of nitrogens with zero attached hydrogens (tertiary/aromatic N) is 2. The fourth-order valence-corrected chi connectivity index (χ4v) is 4.74. The first-order valence-corrected chi connectivity index (χ1v) is 10.7. The Morgan fingerprint density at radius 3 is 2.47 bits per heavy atom. The number of hydrogen-bond acceptors (Lipinski definition) is 2. The molecule has 0 amide bonds. The molecule has 0 N–H and O–H groups in total. The number of methoxy groups -OCH3 is 1. The van der Waals surface area contributed by atoms with Crippen molar-refractivity contribution in [2.75, 3.05) is 7.11 Å². The highest BCUT2D eigenvalue weighted by molar-refractivity contribution is 6.04. The monoisotopic (exact) mass is 398 g/mol. The van der Waals surface area contributed by atoms with Gasteiger partial charge >= 0.3 is 0 Å². The normalized spacial score (nSPS) is 13.4. The van der Waals surface area contributed by atoms with Crippen molar-refractivity contribution in [3.63, 3.8) is 0 Å². The summed E-state index contributed by atoms with van der Waals surface area (Å²) in [6.45, 7) is 2.91. The lowest BCUT2D eigenvalue weighted by atomic mass is 9.96. The molecule has 0 radical (unpaired) electrons. The zero-order valence-electron chi connectivity index (χ0n) is 17.5. The number of benzene rings is 2. The number of hydrogen-bond donors (Lipinski definition) is 0. The number of Topliss-reactive ketones (excluding diaryl/α,β-unsaturated/α-hetero) is 1. The topological polar surface area (TPSA) is 35.6 Å². The van der Waals surface area contributed by atoms with E-state index in [2.05, 4.69) is 51.6 Å². The largest absolute Gasteiger partial charge is 0.497 e. The number of imidazole rings is 1. The van der Waals surface area contributed by atoms with E-state index in [0.717, 1.165) is 59.6 Å². The molecule has 0 fully saturated rings. The fraction of sp³-hybridized carbons (Fsp3) is 0.269. The van der Waals surface area contributed by atoms with Gasteiger partial charge in [-0.25, -0.2) is 0 Å². The number of aryl methyl sites for hydroxylation is 2. The van der Waals surface area contributed by atoms with Gasteiger partial charge in [-0.2, -0.15) is 0 Å². The van der Waals surface area contributed by atoms with Crippen molar-refractivity contribution in [3.05, 3.63) is 72.1 Å². The van der Waals surface area contributed by atoms with Gasteiger partial charge in [-0.15, -0.1) is 0 Å². The van der Waals surface area contributed by atoms with Crippen LogP contribution in [-0.2, 0) is 13.0 Å². The summed E-state index contributed by atoms with van der Waals surface area (Å²) in [6.07, 6.45) is 5.91. The quantitative estimate of drug-likeness (QED) is 0.386. The molecular formula is C26H26N2O2. The molecular weight excluding hydrogens is 372 g/mol. The van der Waals surface area contributed by atoms with E-state index in [0.29, 0.717) is 6.42 Å². The molecule has 0 saturated heterocycles. The summed E-state index contributed by atoms with van der Waals surface area (Å²) in [5, 5.41) is 0. The first kappa shape index (κ1) is 18.7.